The highest BCUT2D eigenvalue weighted by Gasteiger charge is 2.05. The van der Waals surface area contributed by atoms with Gasteiger partial charge in [0, 0.05) is 6.07 Å². The first kappa shape index (κ1) is 11.1. The standard InChI is InChI=1S/C9H11N3O3/c1-15-9-11-7(10)6-8(14)12(9)4-2-3-5-13/h6,13H,4-5,10H2,1H3. The molecule has 0 aliphatic carbocycles. The van der Waals surface area contributed by atoms with Gasteiger partial charge in [-0.3, -0.25) is 9.36 Å². The minimum atomic E-state index is -0.341. The van der Waals surface area contributed by atoms with E-state index in [4.69, 9.17) is 15.6 Å². The molecule has 1 heterocycles. The van der Waals surface area contributed by atoms with Crippen molar-refractivity contribution in [3.8, 4) is 17.9 Å². The zero-order valence-electron chi connectivity index (χ0n) is 8.23. The van der Waals surface area contributed by atoms with Gasteiger partial charge in [0.2, 0.25) is 0 Å². The molecule has 0 aromatic carbocycles. The van der Waals surface area contributed by atoms with Crippen molar-refractivity contribution in [3.05, 3.63) is 16.4 Å². The van der Waals surface area contributed by atoms with Crippen molar-refractivity contribution in [2.45, 2.75) is 6.54 Å². The van der Waals surface area contributed by atoms with Crippen LogP contribution in [0.3, 0.4) is 0 Å². The predicted octanol–water partition coefficient (Wildman–Crippen LogP) is -1.17. The second-order valence-electron chi connectivity index (χ2n) is 2.60. The van der Waals surface area contributed by atoms with Crippen LogP contribution in [0.5, 0.6) is 6.01 Å². The molecule has 3 N–H and O–H groups in total. The molecule has 0 spiro atoms. The average molecular weight is 209 g/mol. The van der Waals surface area contributed by atoms with Gasteiger partial charge >= 0.3 is 6.01 Å². The normalized spacial score (nSPS) is 9.20. The summed E-state index contributed by atoms with van der Waals surface area (Å²) in [5.41, 5.74) is 5.04. The lowest BCUT2D eigenvalue weighted by Gasteiger charge is -2.07. The van der Waals surface area contributed by atoms with Gasteiger partial charge in [-0.15, -0.1) is 0 Å². The number of methoxy groups -OCH3 is 1. The summed E-state index contributed by atoms with van der Waals surface area (Å²) in [7, 11) is 1.39. The molecule has 0 unspecified atom stereocenters. The third-order valence-electron chi connectivity index (χ3n) is 1.62. The molecule has 0 saturated carbocycles. The Hall–Kier alpha value is -2.00. The minimum Gasteiger partial charge on any atom is -0.468 e. The zero-order valence-corrected chi connectivity index (χ0v) is 8.23. The Bertz CT molecular complexity index is 456. The average Bonchev–Trinajstić information content (AvgIpc) is 2.20. The van der Waals surface area contributed by atoms with Crippen LogP contribution < -0.4 is 16.0 Å². The van der Waals surface area contributed by atoms with E-state index < -0.39 is 0 Å². The molecule has 0 aliphatic heterocycles. The molecular formula is C9H11N3O3. The number of aliphatic hydroxyl groups excluding tert-OH is 1. The van der Waals surface area contributed by atoms with Gasteiger partial charge in [0.05, 0.1) is 13.7 Å². The van der Waals surface area contributed by atoms with Crippen LogP contribution >= 0.6 is 0 Å². The second kappa shape index (κ2) is 5.02. The maximum atomic E-state index is 11.4. The van der Waals surface area contributed by atoms with E-state index in [1.807, 2.05) is 0 Å². The Morgan fingerprint density at radius 1 is 1.67 bits per heavy atom. The summed E-state index contributed by atoms with van der Waals surface area (Å²) in [5, 5.41) is 8.46. The van der Waals surface area contributed by atoms with Gasteiger partial charge in [-0.05, 0) is 0 Å². The van der Waals surface area contributed by atoms with Crippen molar-refractivity contribution in [2.24, 2.45) is 0 Å². The summed E-state index contributed by atoms with van der Waals surface area (Å²) in [4.78, 5) is 15.3. The van der Waals surface area contributed by atoms with Gasteiger partial charge < -0.3 is 15.6 Å². The van der Waals surface area contributed by atoms with Crippen LogP contribution in [0.1, 0.15) is 0 Å². The summed E-state index contributed by atoms with van der Waals surface area (Å²) in [6, 6.07) is 1.29. The highest BCUT2D eigenvalue weighted by Crippen LogP contribution is 2.04. The number of hydrogen-bond acceptors (Lipinski definition) is 5. The SMILES string of the molecule is COc1nc(N)cc(=O)n1CC#CCO. The fraction of sp³-hybridized carbons (Fsp3) is 0.333. The first-order valence-corrected chi connectivity index (χ1v) is 4.17. The van der Waals surface area contributed by atoms with E-state index in [0.717, 1.165) is 0 Å². The van der Waals surface area contributed by atoms with Gasteiger partial charge in [-0.1, -0.05) is 11.8 Å². The van der Waals surface area contributed by atoms with E-state index in [9.17, 15) is 4.79 Å². The van der Waals surface area contributed by atoms with Gasteiger partial charge in [0.15, 0.2) is 0 Å². The van der Waals surface area contributed by atoms with Gasteiger partial charge in [-0.25, -0.2) is 0 Å². The molecule has 1 rings (SSSR count). The van der Waals surface area contributed by atoms with Crippen LogP contribution in [0.25, 0.3) is 0 Å². The fourth-order valence-corrected chi connectivity index (χ4v) is 0.994. The minimum absolute atomic E-state index is 0.100. The molecule has 1 aromatic heterocycles. The maximum Gasteiger partial charge on any atom is 0.301 e. The largest absolute Gasteiger partial charge is 0.468 e. The molecule has 1 aromatic rings. The number of aromatic nitrogens is 2. The Labute approximate surface area is 86.3 Å². The molecule has 0 aliphatic rings. The Balaban J connectivity index is 3.10. The van der Waals surface area contributed by atoms with E-state index in [1.54, 1.807) is 0 Å². The summed E-state index contributed by atoms with van der Waals surface area (Å²) < 4.78 is 6.10. The Morgan fingerprint density at radius 2 is 2.40 bits per heavy atom. The van der Waals surface area contributed by atoms with Crippen LogP contribution in [0.15, 0.2) is 10.9 Å². The first-order chi connectivity index (χ1) is 7.19. The highest BCUT2D eigenvalue weighted by molar-refractivity contribution is 5.28. The summed E-state index contributed by atoms with van der Waals surface area (Å²) in [6.07, 6.45) is 0. The number of nitrogen functional groups attached to an aromatic ring is 1. The molecule has 0 amide bonds. The number of anilines is 1. The van der Waals surface area contributed by atoms with Crippen LogP contribution in [0.4, 0.5) is 5.82 Å². The molecular weight excluding hydrogens is 198 g/mol. The molecule has 15 heavy (non-hydrogen) atoms. The monoisotopic (exact) mass is 209 g/mol. The van der Waals surface area contributed by atoms with Crippen molar-refractivity contribution >= 4 is 5.82 Å². The van der Waals surface area contributed by atoms with E-state index in [2.05, 4.69) is 16.8 Å². The molecule has 0 radical (unpaired) electrons. The first-order valence-electron chi connectivity index (χ1n) is 4.17. The van der Waals surface area contributed by atoms with E-state index in [0.29, 0.717) is 0 Å². The smallest absolute Gasteiger partial charge is 0.301 e. The van der Waals surface area contributed by atoms with Crippen molar-refractivity contribution in [1.29, 1.82) is 0 Å². The van der Waals surface area contributed by atoms with Crippen LogP contribution in [0.2, 0.25) is 0 Å². The highest BCUT2D eigenvalue weighted by atomic mass is 16.5. The number of aliphatic hydroxyl groups is 1. The third-order valence-corrected chi connectivity index (χ3v) is 1.62. The molecule has 80 valence electrons. The van der Waals surface area contributed by atoms with E-state index in [1.165, 1.54) is 17.7 Å². The lowest BCUT2D eigenvalue weighted by molar-refractivity contribution is 0.348. The summed E-state index contributed by atoms with van der Waals surface area (Å²) in [6.45, 7) is -0.144. The lowest BCUT2D eigenvalue weighted by Crippen LogP contribution is -2.22. The van der Waals surface area contributed by atoms with Crippen molar-refractivity contribution in [2.75, 3.05) is 19.5 Å². The number of hydrogen-bond donors (Lipinski definition) is 2. The summed E-state index contributed by atoms with van der Waals surface area (Å²) >= 11 is 0. The van der Waals surface area contributed by atoms with Gasteiger partial charge in [0.1, 0.15) is 12.4 Å². The number of nitrogens with two attached hydrogens (primary N) is 1. The number of ether oxygens (including phenoxy) is 1. The molecule has 6 nitrogen and oxygen atoms in total. The van der Waals surface area contributed by atoms with Crippen molar-refractivity contribution in [3.63, 3.8) is 0 Å². The molecule has 0 saturated heterocycles. The van der Waals surface area contributed by atoms with Gasteiger partial charge in [0.25, 0.3) is 5.56 Å². The predicted molar refractivity (Wildman–Crippen MR) is 54.3 cm³/mol. The molecule has 0 fully saturated rings. The molecule has 6 heteroatoms. The van der Waals surface area contributed by atoms with E-state index >= 15 is 0 Å². The summed E-state index contributed by atoms with van der Waals surface area (Å²) in [5.74, 6) is 5.11. The maximum absolute atomic E-state index is 11.4. The van der Waals surface area contributed by atoms with Crippen LogP contribution in [-0.4, -0.2) is 28.4 Å². The lowest BCUT2D eigenvalue weighted by atomic mass is 10.5. The van der Waals surface area contributed by atoms with E-state index in [-0.39, 0.29) is 30.5 Å². The fourth-order valence-electron chi connectivity index (χ4n) is 0.994. The van der Waals surface area contributed by atoms with Crippen molar-refractivity contribution < 1.29 is 9.84 Å². The molecule has 0 atom stereocenters. The quantitative estimate of drug-likeness (QED) is 0.599. The van der Waals surface area contributed by atoms with Crippen molar-refractivity contribution in [1.82, 2.24) is 9.55 Å². The number of rotatable bonds is 2. The topological polar surface area (TPSA) is 90.4 Å². The van der Waals surface area contributed by atoms with Gasteiger partial charge in [-0.2, -0.15) is 4.98 Å². The Kier molecular flexibility index (Phi) is 3.71. The van der Waals surface area contributed by atoms with Crippen LogP contribution in [-0.2, 0) is 6.54 Å². The third kappa shape index (κ3) is 2.72. The zero-order chi connectivity index (χ0) is 11.3. The number of nitrogens with zero attached hydrogens (tertiary/aromatic N) is 2. The molecule has 0 bridgehead atoms. The second-order valence-corrected chi connectivity index (χ2v) is 2.60. The van der Waals surface area contributed by atoms with Crippen LogP contribution in [0, 0.1) is 11.8 Å². The Morgan fingerprint density at radius 3 is 3.00 bits per heavy atom.